The Balaban J connectivity index is 1.38. The van der Waals surface area contributed by atoms with Crippen molar-refractivity contribution in [1.82, 2.24) is 15.3 Å². The smallest absolute Gasteiger partial charge is 0.126 e. The Labute approximate surface area is 219 Å². The molecule has 35 heavy (non-hydrogen) atoms. The van der Waals surface area contributed by atoms with Crippen molar-refractivity contribution in [2.75, 3.05) is 38.8 Å². The first kappa shape index (κ1) is 26.6. The second kappa shape index (κ2) is 13.2. The summed E-state index contributed by atoms with van der Waals surface area (Å²) in [5, 5.41) is 8.34. The van der Waals surface area contributed by atoms with Crippen molar-refractivity contribution >= 4 is 29.0 Å². The van der Waals surface area contributed by atoms with Gasteiger partial charge in [0.15, 0.2) is 0 Å². The van der Waals surface area contributed by atoms with Gasteiger partial charge >= 0.3 is 0 Å². The fourth-order valence-electron chi connectivity index (χ4n) is 5.23. The van der Waals surface area contributed by atoms with Gasteiger partial charge in [0, 0.05) is 56.4 Å². The number of methoxy groups -OCH3 is 1. The van der Waals surface area contributed by atoms with Crippen LogP contribution in [0.25, 0.3) is 11.3 Å². The molecule has 8 heteroatoms. The number of hydrogen-bond acceptors (Lipinski definition) is 6. The average molecular weight is 522 g/mol. The molecule has 2 N–H and O–H groups in total. The van der Waals surface area contributed by atoms with E-state index < -0.39 is 0 Å². The zero-order valence-electron chi connectivity index (χ0n) is 20.9. The molecule has 2 aliphatic rings. The summed E-state index contributed by atoms with van der Waals surface area (Å²) in [7, 11) is 1.76. The van der Waals surface area contributed by atoms with E-state index in [0.29, 0.717) is 39.7 Å². The van der Waals surface area contributed by atoms with Crippen LogP contribution >= 0.6 is 23.2 Å². The predicted molar refractivity (Wildman–Crippen MR) is 143 cm³/mol. The van der Waals surface area contributed by atoms with Gasteiger partial charge in [0.05, 0.1) is 22.3 Å². The lowest BCUT2D eigenvalue weighted by atomic mass is 9.83. The second-order valence-corrected chi connectivity index (χ2v) is 10.9. The van der Waals surface area contributed by atoms with Gasteiger partial charge in [0.2, 0.25) is 0 Å². The lowest BCUT2D eigenvalue weighted by molar-refractivity contribution is 0.0699. The first-order chi connectivity index (χ1) is 17.0. The Hall–Kier alpha value is -1.44. The van der Waals surface area contributed by atoms with Gasteiger partial charge in [-0.1, -0.05) is 23.2 Å². The van der Waals surface area contributed by atoms with Crippen LogP contribution in [0.15, 0.2) is 24.4 Å². The number of aromatic nitrogens is 2. The Morgan fingerprint density at radius 3 is 2.57 bits per heavy atom. The van der Waals surface area contributed by atoms with Gasteiger partial charge in [-0.3, -0.25) is 4.98 Å². The summed E-state index contributed by atoms with van der Waals surface area (Å²) < 4.78 is 10.7. The third kappa shape index (κ3) is 7.77. The minimum Gasteiger partial charge on any atom is -0.383 e. The largest absolute Gasteiger partial charge is 0.383 e. The Morgan fingerprint density at radius 2 is 1.83 bits per heavy atom. The number of nitrogens with one attached hydrogen (secondary N) is 2. The number of hydrogen-bond donors (Lipinski definition) is 2. The molecule has 0 spiro atoms. The van der Waals surface area contributed by atoms with Crippen molar-refractivity contribution in [3.8, 4) is 11.3 Å². The topological polar surface area (TPSA) is 68.3 Å². The molecule has 4 rings (SSSR count). The molecule has 1 aliphatic heterocycles. The maximum Gasteiger partial charge on any atom is 0.126 e. The molecule has 2 aromatic heterocycles. The third-order valence-electron chi connectivity index (χ3n) is 7.21. The molecular formula is C27H38Cl2N4O2. The summed E-state index contributed by atoms with van der Waals surface area (Å²) in [5.74, 6) is 2.05. The van der Waals surface area contributed by atoms with Crippen molar-refractivity contribution in [2.45, 2.75) is 64.0 Å². The molecule has 0 unspecified atom stereocenters. The van der Waals surface area contributed by atoms with Gasteiger partial charge in [0.1, 0.15) is 5.82 Å². The highest BCUT2D eigenvalue weighted by molar-refractivity contribution is 6.36. The highest BCUT2D eigenvalue weighted by Crippen LogP contribution is 2.34. The summed E-state index contributed by atoms with van der Waals surface area (Å²) in [4.78, 5) is 9.46. The molecule has 2 aromatic rings. The molecule has 192 valence electrons. The summed E-state index contributed by atoms with van der Waals surface area (Å²) in [5.41, 5.74) is 2.60. The number of pyridine rings is 2. The van der Waals surface area contributed by atoms with E-state index in [2.05, 4.69) is 28.6 Å². The zero-order chi connectivity index (χ0) is 24.6. The highest BCUT2D eigenvalue weighted by atomic mass is 35.5. The fraction of sp³-hybridized carbons (Fsp3) is 0.630. The summed E-state index contributed by atoms with van der Waals surface area (Å²) in [6.45, 7) is 5.50. The molecule has 1 aliphatic carbocycles. The molecule has 0 bridgehead atoms. The third-order valence-corrected chi connectivity index (χ3v) is 7.81. The first-order valence-electron chi connectivity index (χ1n) is 12.9. The summed E-state index contributed by atoms with van der Waals surface area (Å²) >= 11 is 13.1. The predicted octanol–water partition coefficient (Wildman–Crippen LogP) is 6.01. The van der Waals surface area contributed by atoms with Crippen molar-refractivity contribution in [3.63, 3.8) is 0 Å². The Bertz CT molecular complexity index is 947. The van der Waals surface area contributed by atoms with Crippen LogP contribution in [-0.4, -0.2) is 55.5 Å². The van der Waals surface area contributed by atoms with Crippen LogP contribution in [0.4, 0.5) is 5.82 Å². The van der Waals surface area contributed by atoms with E-state index in [-0.39, 0.29) is 0 Å². The van der Waals surface area contributed by atoms with Gasteiger partial charge in [0.25, 0.3) is 0 Å². The van der Waals surface area contributed by atoms with Gasteiger partial charge in [-0.2, -0.15) is 0 Å². The molecular weight excluding hydrogens is 483 g/mol. The number of ether oxygens (including phenoxy) is 2. The van der Waals surface area contributed by atoms with Crippen molar-refractivity contribution in [1.29, 1.82) is 0 Å². The molecule has 0 amide bonds. The number of halogens is 2. The first-order valence-corrected chi connectivity index (χ1v) is 13.6. The molecule has 2 fully saturated rings. The van der Waals surface area contributed by atoms with E-state index in [1.165, 1.54) is 25.7 Å². The second-order valence-electron chi connectivity index (χ2n) is 10.1. The van der Waals surface area contributed by atoms with Crippen LogP contribution in [0.3, 0.4) is 0 Å². The molecule has 0 radical (unpaired) electrons. The van der Waals surface area contributed by atoms with Gasteiger partial charge < -0.3 is 20.1 Å². The molecule has 1 saturated heterocycles. The maximum absolute atomic E-state index is 6.58. The van der Waals surface area contributed by atoms with E-state index >= 15 is 0 Å². The monoisotopic (exact) mass is 520 g/mol. The SMILES string of the molecule is COC[C@@H](C)NC1CCC(Cc2cc(-c3nc(NCC4CCOCC4)ccc3Cl)c(Cl)cn2)CC1. The van der Waals surface area contributed by atoms with Crippen molar-refractivity contribution in [3.05, 3.63) is 40.1 Å². The van der Waals surface area contributed by atoms with E-state index in [9.17, 15) is 0 Å². The standard InChI is InChI=1S/C27H38Cl2N4O2/c1-18(17-34-2)32-21-5-3-19(4-6-21)13-22-14-23(25(29)16-30-22)27-24(28)7-8-26(33-27)31-15-20-9-11-35-12-10-20/h7-8,14,16,18-21,32H,3-6,9-13,15,17H2,1-2H3,(H,31,33)/t18-,19?,21?/m1/s1. The van der Waals surface area contributed by atoms with E-state index in [1.807, 2.05) is 12.1 Å². The molecule has 6 nitrogen and oxygen atoms in total. The average Bonchev–Trinajstić information content (AvgIpc) is 2.87. The maximum atomic E-state index is 6.58. The number of nitrogens with zero attached hydrogens (tertiary/aromatic N) is 2. The van der Waals surface area contributed by atoms with E-state index in [4.69, 9.17) is 37.7 Å². The van der Waals surface area contributed by atoms with Crippen LogP contribution in [0.5, 0.6) is 0 Å². The van der Waals surface area contributed by atoms with Crippen LogP contribution in [-0.2, 0) is 15.9 Å². The lowest BCUT2D eigenvalue weighted by Crippen LogP contribution is -2.41. The number of rotatable bonds is 10. The van der Waals surface area contributed by atoms with Crippen molar-refractivity contribution < 1.29 is 9.47 Å². The van der Waals surface area contributed by atoms with Gasteiger partial charge in [-0.15, -0.1) is 0 Å². The normalized spacial score (nSPS) is 22.2. The van der Waals surface area contributed by atoms with E-state index in [1.54, 1.807) is 13.3 Å². The summed E-state index contributed by atoms with van der Waals surface area (Å²) in [6, 6.07) is 6.86. The van der Waals surface area contributed by atoms with Crippen LogP contribution < -0.4 is 10.6 Å². The van der Waals surface area contributed by atoms with Crippen LogP contribution in [0.2, 0.25) is 10.0 Å². The van der Waals surface area contributed by atoms with Gasteiger partial charge in [-0.25, -0.2) is 4.98 Å². The zero-order valence-corrected chi connectivity index (χ0v) is 22.4. The van der Waals surface area contributed by atoms with Crippen LogP contribution in [0.1, 0.15) is 51.1 Å². The molecule has 1 atom stereocenters. The summed E-state index contributed by atoms with van der Waals surface area (Å²) in [6.07, 6.45) is 9.62. The molecule has 0 aromatic carbocycles. The highest BCUT2D eigenvalue weighted by Gasteiger charge is 2.23. The minimum atomic E-state index is 0.390. The lowest BCUT2D eigenvalue weighted by Gasteiger charge is -2.31. The molecule has 1 saturated carbocycles. The Kier molecular flexibility index (Phi) is 10.0. The van der Waals surface area contributed by atoms with E-state index in [0.717, 1.165) is 62.7 Å². The van der Waals surface area contributed by atoms with Crippen molar-refractivity contribution in [2.24, 2.45) is 11.8 Å². The van der Waals surface area contributed by atoms with Crippen LogP contribution in [0, 0.1) is 11.8 Å². The molecule has 3 heterocycles. The minimum absolute atomic E-state index is 0.390. The number of anilines is 1. The quantitative estimate of drug-likeness (QED) is 0.399. The Morgan fingerprint density at radius 1 is 1.06 bits per heavy atom. The van der Waals surface area contributed by atoms with Gasteiger partial charge in [-0.05, 0) is 81.9 Å². The fourth-order valence-corrected chi connectivity index (χ4v) is 5.63.